The predicted molar refractivity (Wildman–Crippen MR) is 107 cm³/mol. The Balaban J connectivity index is 1.96. The first kappa shape index (κ1) is 20.8. The van der Waals surface area contributed by atoms with E-state index in [0.717, 1.165) is 6.07 Å². The quantitative estimate of drug-likeness (QED) is 0.355. The van der Waals surface area contributed by atoms with Crippen LogP contribution in [0, 0.1) is 10.1 Å². The number of benzene rings is 2. The first-order valence-electron chi connectivity index (χ1n) is 9.04. The number of rotatable bonds is 7. The van der Waals surface area contributed by atoms with Crippen molar-refractivity contribution in [3.63, 3.8) is 0 Å². The Bertz CT molecular complexity index is 1170. The Morgan fingerprint density at radius 1 is 1.27 bits per heavy atom. The van der Waals surface area contributed by atoms with Crippen molar-refractivity contribution >= 4 is 22.6 Å². The van der Waals surface area contributed by atoms with Gasteiger partial charge in [-0.25, -0.2) is 9.78 Å². The van der Waals surface area contributed by atoms with E-state index in [9.17, 15) is 19.7 Å². The van der Waals surface area contributed by atoms with Gasteiger partial charge in [-0.15, -0.1) is 0 Å². The van der Waals surface area contributed by atoms with E-state index >= 15 is 0 Å². The molecule has 0 unspecified atom stereocenters. The van der Waals surface area contributed by atoms with Gasteiger partial charge in [0.15, 0.2) is 23.4 Å². The van der Waals surface area contributed by atoms with Crippen molar-refractivity contribution in [2.75, 3.05) is 13.7 Å². The molecule has 0 saturated heterocycles. The molecule has 10 nitrogen and oxygen atoms in total. The summed E-state index contributed by atoms with van der Waals surface area (Å²) >= 11 is 0. The molecule has 1 heterocycles. The number of aromatic nitrogens is 2. The van der Waals surface area contributed by atoms with Gasteiger partial charge in [0.05, 0.1) is 35.6 Å². The van der Waals surface area contributed by atoms with Crippen molar-refractivity contribution in [2.45, 2.75) is 20.0 Å². The number of carbonyl (C=O) groups is 1. The maximum atomic E-state index is 12.7. The van der Waals surface area contributed by atoms with Crippen LogP contribution in [0.3, 0.4) is 0 Å². The second-order valence-corrected chi connectivity index (χ2v) is 6.23. The Kier molecular flexibility index (Phi) is 5.95. The number of para-hydroxylation sites is 1. The highest BCUT2D eigenvalue weighted by molar-refractivity contribution is 5.95. The van der Waals surface area contributed by atoms with E-state index in [1.807, 2.05) is 0 Å². The number of hydrogen-bond donors (Lipinski definition) is 1. The molecule has 2 aromatic carbocycles. The van der Waals surface area contributed by atoms with Gasteiger partial charge in [-0.2, -0.15) is 0 Å². The lowest BCUT2D eigenvalue weighted by molar-refractivity contribution is -0.385. The van der Waals surface area contributed by atoms with Gasteiger partial charge in [0.2, 0.25) is 0 Å². The lowest BCUT2D eigenvalue weighted by Crippen LogP contribution is -2.18. The van der Waals surface area contributed by atoms with Crippen LogP contribution in [0.2, 0.25) is 0 Å². The minimum atomic E-state index is -0.966. The van der Waals surface area contributed by atoms with Gasteiger partial charge in [0.1, 0.15) is 5.56 Å². The van der Waals surface area contributed by atoms with Gasteiger partial charge < -0.3 is 19.2 Å². The molecular formula is C20H19N3O7. The summed E-state index contributed by atoms with van der Waals surface area (Å²) in [6.45, 7) is 3.49. The summed E-state index contributed by atoms with van der Waals surface area (Å²) in [5.74, 6) is -0.557. The average Bonchev–Trinajstić information content (AvgIpc) is 2.73. The standard InChI is InChI=1S/C20H19N3O7/c1-4-29-17-9-13(15(23(26)27)10-16(17)28-3)20(25)30-11(2)18-21-14-8-6-5-7-12(14)19(24)22-18/h5-11H,4H2,1-3H3,(H,21,22,24)/t11-/m0/s1. The monoisotopic (exact) mass is 413 g/mol. The molecular weight excluding hydrogens is 394 g/mol. The Labute approximate surface area is 170 Å². The molecule has 3 aromatic rings. The second-order valence-electron chi connectivity index (χ2n) is 6.23. The zero-order valence-corrected chi connectivity index (χ0v) is 16.5. The van der Waals surface area contributed by atoms with Gasteiger partial charge in [-0.05, 0) is 26.0 Å². The number of nitro groups is 1. The molecule has 1 N–H and O–H groups in total. The lowest BCUT2D eigenvalue weighted by atomic mass is 10.1. The molecule has 0 radical (unpaired) electrons. The maximum absolute atomic E-state index is 12.7. The molecule has 0 fully saturated rings. The van der Waals surface area contributed by atoms with Crippen LogP contribution >= 0.6 is 0 Å². The topological polar surface area (TPSA) is 134 Å². The van der Waals surface area contributed by atoms with E-state index in [1.165, 1.54) is 20.1 Å². The number of carbonyl (C=O) groups excluding carboxylic acids is 1. The summed E-state index contributed by atoms with van der Waals surface area (Å²) in [5.41, 5.74) is -0.743. The molecule has 0 saturated carbocycles. The van der Waals surface area contributed by atoms with Crippen LogP contribution in [-0.4, -0.2) is 34.6 Å². The Morgan fingerprint density at radius 2 is 2.00 bits per heavy atom. The fourth-order valence-electron chi connectivity index (χ4n) is 2.87. The summed E-state index contributed by atoms with van der Waals surface area (Å²) in [5, 5.41) is 11.8. The molecule has 30 heavy (non-hydrogen) atoms. The van der Waals surface area contributed by atoms with Crippen molar-refractivity contribution in [1.82, 2.24) is 9.97 Å². The molecule has 0 aliphatic heterocycles. The summed E-state index contributed by atoms with van der Waals surface area (Å²) in [7, 11) is 1.34. The number of nitrogens with zero attached hydrogens (tertiary/aromatic N) is 2. The lowest BCUT2D eigenvalue weighted by Gasteiger charge is -2.15. The van der Waals surface area contributed by atoms with Gasteiger partial charge in [0.25, 0.3) is 11.2 Å². The van der Waals surface area contributed by atoms with Crippen LogP contribution in [-0.2, 0) is 4.74 Å². The zero-order valence-electron chi connectivity index (χ0n) is 16.5. The zero-order chi connectivity index (χ0) is 21.8. The third-order valence-corrected chi connectivity index (χ3v) is 4.30. The highest BCUT2D eigenvalue weighted by atomic mass is 16.6. The SMILES string of the molecule is CCOc1cc(C(=O)O[C@@H](C)c2nc3ccccc3c(=O)[nH]2)c([N+](=O)[O-])cc1OC. The highest BCUT2D eigenvalue weighted by Crippen LogP contribution is 2.35. The molecule has 0 aliphatic rings. The summed E-state index contributed by atoms with van der Waals surface area (Å²) in [6, 6.07) is 9.02. The smallest absolute Gasteiger partial charge is 0.346 e. The number of hydrogen-bond acceptors (Lipinski definition) is 8. The van der Waals surface area contributed by atoms with E-state index in [1.54, 1.807) is 31.2 Å². The van der Waals surface area contributed by atoms with Crippen LogP contribution in [0.15, 0.2) is 41.2 Å². The fraction of sp³-hybridized carbons (Fsp3) is 0.250. The van der Waals surface area contributed by atoms with Crippen molar-refractivity contribution in [3.8, 4) is 11.5 Å². The minimum Gasteiger partial charge on any atom is -0.493 e. The van der Waals surface area contributed by atoms with E-state index < -0.39 is 22.7 Å². The Hall–Kier alpha value is -3.95. The number of H-pyrrole nitrogens is 1. The van der Waals surface area contributed by atoms with E-state index in [0.29, 0.717) is 10.9 Å². The van der Waals surface area contributed by atoms with Crippen LogP contribution in [0.5, 0.6) is 11.5 Å². The van der Waals surface area contributed by atoms with Crippen molar-refractivity contribution in [1.29, 1.82) is 0 Å². The number of nitro benzene ring substituents is 1. The molecule has 10 heteroatoms. The highest BCUT2D eigenvalue weighted by Gasteiger charge is 2.27. The third-order valence-electron chi connectivity index (χ3n) is 4.30. The molecule has 1 aromatic heterocycles. The van der Waals surface area contributed by atoms with E-state index in [4.69, 9.17) is 14.2 Å². The van der Waals surface area contributed by atoms with Crippen molar-refractivity contribution in [3.05, 3.63) is 68.3 Å². The van der Waals surface area contributed by atoms with Gasteiger partial charge in [-0.3, -0.25) is 14.9 Å². The molecule has 0 bridgehead atoms. The normalized spacial score (nSPS) is 11.7. The van der Waals surface area contributed by atoms with Gasteiger partial charge in [0, 0.05) is 6.07 Å². The number of nitrogens with one attached hydrogen (secondary N) is 1. The number of esters is 1. The Morgan fingerprint density at radius 3 is 2.67 bits per heavy atom. The van der Waals surface area contributed by atoms with Crippen LogP contribution in [0.4, 0.5) is 5.69 Å². The molecule has 0 aliphatic carbocycles. The summed E-state index contributed by atoms with van der Waals surface area (Å²) in [4.78, 5) is 42.6. The largest absolute Gasteiger partial charge is 0.493 e. The molecule has 3 rings (SSSR count). The first-order chi connectivity index (χ1) is 14.3. The summed E-state index contributed by atoms with van der Waals surface area (Å²) in [6.07, 6.45) is -0.966. The van der Waals surface area contributed by atoms with Gasteiger partial charge >= 0.3 is 5.97 Å². The number of fused-ring (bicyclic) bond motifs is 1. The molecule has 156 valence electrons. The number of methoxy groups -OCH3 is 1. The average molecular weight is 413 g/mol. The van der Waals surface area contributed by atoms with E-state index in [-0.39, 0.29) is 35.1 Å². The van der Waals surface area contributed by atoms with Crippen molar-refractivity contribution in [2.24, 2.45) is 0 Å². The third kappa shape index (κ3) is 4.07. The number of aromatic amines is 1. The van der Waals surface area contributed by atoms with Gasteiger partial charge in [-0.1, -0.05) is 12.1 Å². The predicted octanol–water partition coefficient (Wildman–Crippen LogP) is 3.16. The minimum absolute atomic E-state index is 0.119. The molecule has 0 spiro atoms. The second kappa shape index (κ2) is 8.60. The van der Waals surface area contributed by atoms with Crippen LogP contribution in [0.25, 0.3) is 10.9 Å². The van der Waals surface area contributed by atoms with Crippen molar-refractivity contribution < 1.29 is 23.9 Å². The fourth-order valence-corrected chi connectivity index (χ4v) is 2.87. The van der Waals surface area contributed by atoms with Crippen LogP contribution in [0.1, 0.15) is 36.1 Å². The van der Waals surface area contributed by atoms with Crippen LogP contribution < -0.4 is 15.0 Å². The molecule has 1 atom stereocenters. The maximum Gasteiger partial charge on any atom is 0.346 e. The summed E-state index contributed by atoms with van der Waals surface area (Å²) < 4.78 is 15.8. The first-order valence-corrected chi connectivity index (χ1v) is 9.04. The molecule has 0 amide bonds. The van der Waals surface area contributed by atoms with E-state index in [2.05, 4.69) is 9.97 Å². The number of ether oxygens (including phenoxy) is 3.